The summed E-state index contributed by atoms with van der Waals surface area (Å²) in [5.41, 5.74) is -0.119. The maximum atomic E-state index is 14.1. The van der Waals surface area contributed by atoms with Gasteiger partial charge in [0, 0.05) is 25.7 Å². The summed E-state index contributed by atoms with van der Waals surface area (Å²) in [6.07, 6.45) is 2.88. The first-order valence-electron chi connectivity index (χ1n) is 9.48. The first-order chi connectivity index (χ1) is 13.2. The number of carbonyl (C=O) groups excluding carboxylic acids is 2. The van der Waals surface area contributed by atoms with Gasteiger partial charge < -0.3 is 9.64 Å². The van der Waals surface area contributed by atoms with E-state index in [9.17, 15) is 22.4 Å². The maximum Gasteiger partial charge on any atom is 0.338 e. The molecule has 1 aromatic carbocycles. The maximum absolute atomic E-state index is 14.1. The number of sulfonamides is 1. The summed E-state index contributed by atoms with van der Waals surface area (Å²) in [7, 11) is -4.07. The van der Waals surface area contributed by atoms with Gasteiger partial charge in [-0.15, -0.1) is 0 Å². The van der Waals surface area contributed by atoms with Gasteiger partial charge in [0.15, 0.2) is 6.61 Å². The number of halogens is 1. The van der Waals surface area contributed by atoms with Crippen molar-refractivity contribution < 1.29 is 27.1 Å². The van der Waals surface area contributed by atoms with Gasteiger partial charge >= 0.3 is 5.97 Å². The van der Waals surface area contributed by atoms with Gasteiger partial charge in [-0.05, 0) is 44.4 Å². The zero-order chi connectivity index (χ0) is 20.9. The van der Waals surface area contributed by atoms with Crippen LogP contribution in [0.1, 0.15) is 50.4 Å². The second-order valence-electron chi connectivity index (χ2n) is 6.74. The quantitative estimate of drug-likeness (QED) is 0.640. The predicted molar refractivity (Wildman–Crippen MR) is 102 cm³/mol. The van der Waals surface area contributed by atoms with Crippen molar-refractivity contribution in [2.75, 3.05) is 26.2 Å². The highest BCUT2D eigenvalue weighted by Crippen LogP contribution is 2.21. The third-order valence-electron chi connectivity index (χ3n) is 4.94. The lowest BCUT2D eigenvalue weighted by atomic mass is 10.0. The van der Waals surface area contributed by atoms with Gasteiger partial charge in [-0.3, -0.25) is 4.79 Å². The van der Waals surface area contributed by atoms with Gasteiger partial charge in [0.1, 0.15) is 10.7 Å². The van der Waals surface area contributed by atoms with Crippen LogP contribution in [-0.4, -0.2) is 61.8 Å². The first-order valence-corrected chi connectivity index (χ1v) is 10.9. The van der Waals surface area contributed by atoms with Crippen molar-refractivity contribution in [3.8, 4) is 0 Å². The average Bonchev–Trinajstić information content (AvgIpc) is 2.67. The van der Waals surface area contributed by atoms with Crippen LogP contribution in [0.3, 0.4) is 0 Å². The number of amides is 1. The molecule has 1 aliphatic heterocycles. The molecule has 7 nitrogen and oxygen atoms in total. The number of rotatable bonds is 7. The Labute approximate surface area is 165 Å². The third-order valence-corrected chi connectivity index (χ3v) is 7.01. The second kappa shape index (κ2) is 9.47. The summed E-state index contributed by atoms with van der Waals surface area (Å²) < 4.78 is 45.4. The summed E-state index contributed by atoms with van der Waals surface area (Å²) >= 11 is 0. The van der Waals surface area contributed by atoms with Crippen LogP contribution in [0, 0.1) is 5.82 Å². The number of piperidine rings is 1. The number of esters is 1. The molecule has 1 amide bonds. The lowest BCUT2D eigenvalue weighted by Gasteiger charge is -2.33. The molecule has 2 rings (SSSR count). The van der Waals surface area contributed by atoms with E-state index in [2.05, 4.69) is 0 Å². The van der Waals surface area contributed by atoms with E-state index in [1.165, 1.54) is 0 Å². The number of hydrogen-bond donors (Lipinski definition) is 0. The zero-order valence-corrected chi connectivity index (χ0v) is 17.3. The molecule has 0 aliphatic carbocycles. The summed E-state index contributed by atoms with van der Waals surface area (Å²) in [6, 6.07) is 3.12. The zero-order valence-electron chi connectivity index (χ0n) is 16.5. The summed E-state index contributed by atoms with van der Waals surface area (Å²) in [4.78, 5) is 25.7. The van der Waals surface area contributed by atoms with Gasteiger partial charge in [0.05, 0.1) is 5.56 Å². The van der Waals surface area contributed by atoms with Crippen molar-refractivity contribution in [3.63, 3.8) is 0 Å². The van der Waals surface area contributed by atoms with Crippen LogP contribution in [0.4, 0.5) is 4.39 Å². The third kappa shape index (κ3) is 4.88. The molecular weight excluding hydrogens is 387 g/mol. The number of likely N-dealkylation sites (tertiary alicyclic amines) is 1. The van der Waals surface area contributed by atoms with Crippen molar-refractivity contribution in [1.82, 2.24) is 9.21 Å². The van der Waals surface area contributed by atoms with Crippen molar-refractivity contribution in [1.29, 1.82) is 0 Å². The fourth-order valence-corrected chi connectivity index (χ4v) is 4.84. The number of hydrogen-bond acceptors (Lipinski definition) is 5. The van der Waals surface area contributed by atoms with Crippen molar-refractivity contribution >= 4 is 21.9 Å². The molecule has 0 spiro atoms. The molecule has 1 saturated heterocycles. The Morgan fingerprint density at radius 2 is 1.93 bits per heavy atom. The Hall–Kier alpha value is -2.00. The molecule has 1 heterocycles. The fraction of sp³-hybridized carbons (Fsp3) is 0.579. The Balaban J connectivity index is 2.13. The number of benzene rings is 1. The Kier molecular flexibility index (Phi) is 7.54. The minimum atomic E-state index is -4.07. The number of nitrogens with zero attached hydrogens (tertiary/aromatic N) is 2. The molecule has 0 saturated carbocycles. The SMILES string of the molecule is CCN(CC)S(=O)(=O)c1cc(C(=O)OCC(=O)N2CCCCC2C)ccc1F. The molecule has 1 aromatic rings. The van der Waals surface area contributed by atoms with Crippen LogP contribution in [-0.2, 0) is 19.6 Å². The van der Waals surface area contributed by atoms with E-state index in [1.54, 1.807) is 18.7 Å². The van der Waals surface area contributed by atoms with E-state index in [-0.39, 0.29) is 30.6 Å². The molecule has 1 aliphatic rings. The summed E-state index contributed by atoms with van der Waals surface area (Å²) in [5, 5.41) is 0. The van der Waals surface area contributed by atoms with E-state index >= 15 is 0 Å². The van der Waals surface area contributed by atoms with Crippen LogP contribution in [0.25, 0.3) is 0 Å². The molecule has 1 atom stereocenters. The molecule has 0 aromatic heterocycles. The normalized spacial score (nSPS) is 17.6. The molecule has 9 heteroatoms. The first kappa shape index (κ1) is 22.3. The van der Waals surface area contributed by atoms with Gasteiger partial charge in [-0.25, -0.2) is 17.6 Å². The van der Waals surface area contributed by atoms with Crippen LogP contribution >= 0.6 is 0 Å². The van der Waals surface area contributed by atoms with Crippen LogP contribution in [0.2, 0.25) is 0 Å². The van der Waals surface area contributed by atoms with Crippen molar-refractivity contribution in [2.24, 2.45) is 0 Å². The summed E-state index contributed by atoms with van der Waals surface area (Å²) in [5.74, 6) is -2.10. The molecule has 0 radical (unpaired) electrons. The van der Waals surface area contributed by atoms with E-state index in [4.69, 9.17) is 4.74 Å². The standard InChI is InChI=1S/C19H27FN2O5S/c1-4-21(5-2)28(25,26)17-12-15(9-10-16(17)20)19(24)27-13-18(23)22-11-7-6-8-14(22)3/h9-10,12,14H,4-8,11,13H2,1-3H3. The molecule has 1 fully saturated rings. The Bertz CT molecular complexity index is 824. The minimum Gasteiger partial charge on any atom is -0.452 e. The minimum absolute atomic E-state index is 0.0941. The van der Waals surface area contributed by atoms with E-state index in [1.807, 2.05) is 6.92 Å². The molecule has 0 N–H and O–H groups in total. The molecule has 28 heavy (non-hydrogen) atoms. The van der Waals surface area contributed by atoms with E-state index in [0.29, 0.717) is 6.54 Å². The van der Waals surface area contributed by atoms with Gasteiger partial charge in [-0.1, -0.05) is 13.8 Å². The van der Waals surface area contributed by atoms with Crippen molar-refractivity contribution in [3.05, 3.63) is 29.6 Å². The molecule has 156 valence electrons. The lowest BCUT2D eigenvalue weighted by molar-refractivity contribution is -0.137. The van der Waals surface area contributed by atoms with Gasteiger partial charge in [0.2, 0.25) is 10.0 Å². The van der Waals surface area contributed by atoms with E-state index in [0.717, 1.165) is 41.8 Å². The van der Waals surface area contributed by atoms with Crippen molar-refractivity contribution in [2.45, 2.75) is 51.0 Å². The number of ether oxygens (including phenoxy) is 1. The largest absolute Gasteiger partial charge is 0.452 e. The van der Waals surface area contributed by atoms with Crippen LogP contribution in [0.5, 0.6) is 0 Å². The highest BCUT2D eigenvalue weighted by Gasteiger charge is 2.28. The smallest absolute Gasteiger partial charge is 0.338 e. The second-order valence-corrected chi connectivity index (χ2v) is 8.65. The van der Waals surface area contributed by atoms with E-state index < -0.39 is 33.3 Å². The highest BCUT2D eigenvalue weighted by atomic mass is 32.2. The Morgan fingerprint density at radius 3 is 2.54 bits per heavy atom. The number of carbonyl (C=O) groups is 2. The Morgan fingerprint density at radius 1 is 1.25 bits per heavy atom. The predicted octanol–water partition coefficient (Wildman–Crippen LogP) is 2.41. The fourth-order valence-electron chi connectivity index (χ4n) is 3.29. The lowest BCUT2D eigenvalue weighted by Crippen LogP contribution is -2.44. The van der Waals surface area contributed by atoms with Gasteiger partial charge in [0.25, 0.3) is 5.91 Å². The molecule has 0 bridgehead atoms. The van der Waals surface area contributed by atoms with Gasteiger partial charge in [-0.2, -0.15) is 4.31 Å². The molecular formula is C19H27FN2O5S. The molecule has 1 unspecified atom stereocenters. The monoisotopic (exact) mass is 414 g/mol. The topological polar surface area (TPSA) is 84.0 Å². The van der Waals surface area contributed by atoms with Crippen LogP contribution in [0.15, 0.2) is 23.1 Å². The summed E-state index contributed by atoms with van der Waals surface area (Å²) in [6.45, 7) is 5.78. The van der Waals surface area contributed by atoms with Crippen LogP contribution < -0.4 is 0 Å². The highest BCUT2D eigenvalue weighted by molar-refractivity contribution is 7.89. The average molecular weight is 414 g/mol.